The Balaban J connectivity index is 1.86. The lowest BCUT2D eigenvalue weighted by Gasteiger charge is -2.37. The largest absolute Gasteiger partial charge is 0.481 e. The second kappa shape index (κ2) is 6.73. The number of carbonyl (C=O) groups excluding carboxylic acids is 1. The maximum Gasteiger partial charge on any atom is 0.311 e. The summed E-state index contributed by atoms with van der Waals surface area (Å²) >= 11 is 1.51. The van der Waals surface area contributed by atoms with Gasteiger partial charge in [-0.05, 0) is 33.6 Å². The Bertz CT molecular complexity index is 552. The molecule has 0 spiro atoms. The van der Waals surface area contributed by atoms with Gasteiger partial charge in [0.05, 0.1) is 16.9 Å². The van der Waals surface area contributed by atoms with E-state index in [4.69, 9.17) is 4.52 Å². The van der Waals surface area contributed by atoms with Gasteiger partial charge in [0.25, 0.3) is 0 Å². The lowest BCUT2D eigenvalue weighted by Crippen LogP contribution is -2.48. The molecule has 1 aromatic rings. The van der Waals surface area contributed by atoms with Gasteiger partial charge >= 0.3 is 5.97 Å². The Morgan fingerprint density at radius 2 is 2.18 bits per heavy atom. The summed E-state index contributed by atoms with van der Waals surface area (Å²) in [5, 5.41) is 13.2. The number of aliphatic carboxylic acids is 1. The van der Waals surface area contributed by atoms with Crippen LogP contribution < -0.4 is 0 Å². The standard InChI is InChI=1S/C15H22N2O4S/c1-10-12(11(2)21-16-10)7-22-8-13(18)17-6-4-5-15(3,9-17)14(19)20/h4-9H2,1-3H3,(H,19,20). The van der Waals surface area contributed by atoms with Crippen LogP contribution in [0.5, 0.6) is 0 Å². The van der Waals surface area contributed by atoms with E-state index < -0.39 is 11.4 Å². The molecular weight excluding hydrogens is 304 g/mol. The van der Waals surface area contributed by atoms with Crippen LogP contribution in [0.2, 0.25) is 0 Å². The average Bonchev–Trinajstić information content (AvgIpc) is 2.78. The Labute approximate surface area is 134 Å². The number of carboxylic acid groups (broad SMARTS) is 1. The molecule has 2 heterocycles. The molecule has 1 fully saturated rings. The first-order valence-corrected chi connectivity index (χ1v) is 8.49. The fraction of sp³-hybridized carbons (Fsp3) is 0.667. The zero-order valence-electron chi connectivity index (χ0n) is 13.2. The monoisotopic (exact) mass is 326 g/mol. The highest BCUT2D eigenvalue weighted by Gasteiger charge is 2.39. The summed E-state index contributed by atoms with van der Waals surface area (Å²) < 4.78 is 5.10. The molecule has 1 amide bonds. The van der Waals surface area contributed by atoms with Crippen LogP contribution in [0.25, 0.3) is 0 Å². The molecule has 122 valence electrons. The van der Waals surface area contributed by atoms with E-state index in [9.17, 15) is 14.7 Å². The Hall–Kier alpha value is -1.50. The minimum absolute atomic E-state index is 0.00364. The van der Waals surface area contributed by atoms with E-state index in [1.807, 2.05) is 13.8 Å². The van der Waals surface area contributed by atoms with Gasteiger partial charge in [-0.2, -0.15) is 0 Å². The molecule has 1 aliphatic rings. The van der Waals surface area contributed by atoms with Crippen LogP contribution in [0.3, 0.4) is 0 Å². The van der Waals surface area contributed by atoms with Crippen molar-refractivity contribution in [1.29, 1.82) is 0 Å². The molecule has 0 radical (unpaired) electrons. The number of likely N-dealkylation sites (tertiary alicyclic amines) is 1. The Kier molecular flexibility index (Phi) is 5.16. The molecule has 0 saturated carbocycles. The van der Waals surface area contributed by atoms with Gasteiger partial charge in [0, 0.05) is 24.4 Å². The third kappa shape index (κ3) is 3.63. The highest BCUT2D eigenvalue weighted by molar-refractivity contribution is 7.99. The number of aromatic nitrogens is 1. The van der Waals surface area contributed by atoms with Gasteiger partial charge in [0.15, 0.2) is 0 Å². The molecule has 0 aliphatic carbocycles. The van der Waals surface area contributed by atoms with E-state index in [0.717, 1.165) is 23.4 Å². The van der Waals surface area contributed by atoms with E-state index in [0.29, 0.717) is 31.0 Å². The van der Waals surface area contributed by atoms with Crippen molar-refractivity contribution >= 4 is 23.6 Å². The predicted molar refractivity (Wildman–Crippen MR) is 83.7 cm³/mol. The van der Waals surface area contributed by atoms with Gasteiger partial charge in [-0.1, -0.05) is 5.16 Å². The molecule has 0 aromatic carbocycles. The number of carboxylic acids is 1. The van der Waals surface area contributed by atoms with Crippen molar-refractivity contribution in [3.8, 4) is 0 Å². The van der Waals surface area contributed by atoms with Crippen LogP contribution in [0.1, 0.15) is 36.8 Å². The Morgan fingerprint density at radius 1 is 1.45 bits per heavy atom. The zero-order valence-corrected chi connectivity index (χ0v) is 14.0. The quantitative estimate of drug-likeness (QED) is 0.893. The number of rotatable bonds is 5. The molecule has 2 rings (SSSR count). The van der Waals surface area contributed by atoms with E-state index in [1.165, 1.54) is 11.8 Å². The first kappa shape index (κ1) is 16.9. The van der Waals surface area contributed by atoms with Gasteiger partial charge < -0.3 is 14.5 Å². The third-order valence-electron chi connectivity index (χ3n) is 4.22. The lowest BCUT2D eigenvalue weighted by atomic mass is 9.82. The van der Waals surface area contributed by atoms with Crippen LogP contribution in [0.4, 0.5) is 0 Å². The SMILES string of the molecule is Cc1noc(C)c1CSCC(=O)N1CCCC(C)(C(=O)O)C1. The normalized spacial score (nSPS) is 21.9. The summed E-state index contributed by atoms with van der Waals surface area (Å²) in [6.45, 7) is 6.41. The highest BCUT2D eigenvalue weighted by atomic mass is 32.2. The molecule has 1 unspecified atom stereocenters. The Morgan fingerprint density at radius 3 is 2.77 bits per heavy atom. The number of hydrogen-bond donors (Lipinski definition) is 1. The number of thioether (sulfide) groups is 1. The maximum atomic E-state index is 12.3. The van der Waals surface area contributed by atoms with Gasteiger partial charge in [-0.3, -0.25) is 9.59 Å². The van der Waals surface area contributed by atoms with Crippen molar-refractivity contribution in [2.75, 3.05) is 18.8 Å². The molecule has 22 heavy (non-hydrogen) atoms. The minimum Gasteiger partial charge on any atom is -0.481 e. The topological polar surface area (TPSA) is 83.6 Å². The van der Waals surface area contributed by atoms with E-state index in [-0.39, 0.29) is 5.91 Å². The van der Waals surface area contributed by atoms with Crippen molar-refractivity contribution in [3.63, 3.8) is 0 Å². The van der Waals surface area contributed by atoms with Crippen molar-refractivity contribution in [2.24, 2.45) is 5.41 Å². The zero-order chi connectivity index (χ0) is 16.3. The smallest absolute Gasteiger partial charge is 0.311 e. The van der Waals surface area contributed by atoms with Gasteiger partial charge in [0.1, 0.15) is 5.76 Å². The van der Waals surface area contributed by atoms with Crippen LogP contribution in [0.15, 0.2) is 4.52 Å². The second-order valence-electron chi connectivity index (χ2n) is 6.08. The average molecular weight is 326 g/mol. The van der Waals surface area contributed by atoms with Crippen LogP contribution in [-0.2, 0) is 15.3 Å². The van der Waals surface area contributed by atoms with Crippen LogP contribution in [-0.4, -0.2) is 45.9 Å². The summed E-state index contributed by atoms with van der Waals surface area (Å²) in [4.78, 5) is 25.3. The molecule has 6 nitrogen and oxygen atoms in total. The van der Waals surface area contributed by atoms with Gasteiger partial charge in [-0.25, -0.2) is 0 Å². The number of amides is 1. The number of carbonyl (C=O) groups is 2. The minimum atomic E-state index is -0.826. The molecule has 1 atom stereocenters. The fourth-order valence-corrected chi connectivity index (χ4v) is 3.74. The molecule has 1 aromatic heterocycles. The van der Waals surface area contributed by atoms with Gasteiger partial charge in [-0.15, -0.1) is 11.8 Å². The van der Waals surface area contributed by atoms with Crippen molar-refractivity contribution in [2.45, 2.75) is 39.4 Å². The molecule has 1 saturated heterocycles. The summed E-state index contributed by atoms with van der Waals surface area (Å²) in [6, 6.07) is 0. The first-order chi connectivity index (χ1) is 10.3. The second-order valence-corrected chi connectivity index (χ2v) is 7.07. The summed E-state index contributed by atoms with van der Waals surface area (Å²) in [5.41, 5.74) is 1.07. The predicted octanol–water partition coefficient (Wildman–Crippen LogP) is 2.24. The fourth-order valence-electron chi connectivity index (χ4n) is 2.67. The summed E-state index contributed by atoms with van der Waals surface area (Å²) in [6.07, 6.45) is 1.36. The van der Waals surface area contributed by atoms with Crippen molar-refractivity contribution < 1.29 is 19.2 Å². The van der Waals surface area contributed by atoms with Gasteiger partial charge in [0.2, 0.25) is 5.91 Å². The van der Waals surface area contributed by atoms with Crippen LogP contribution in [0, 0.1) is 19.3 Å². The lowest BCUT2D eigenvalue weighted by molar-refractivity contribution is -0.153. The van der Waals surface area contributed by atoms with Crippen LogP contribution >= 0.6 is 11.8 Å². The van der Waals surface area contributed by atoms with E-state index in [1.54, 1.807) is 11.8 Å². The highest BCUT2D eigenvalue weighted by Crippen LogP contribution is 2.30. The summed E-state index contributed by atoms with van der Waals surface area (Å²) in [7, 11) is 0. The van der Waals surface area contributed by atoms with Crippen molar-refractivity contribution in [1.82, 2.24) is 10.1 Å². The van der Waals surface area contributed by atoms with Crippen molar-refractivity contribution in [3.05, 3.63) is 17.0 Å². The maximum absolute atomic E-state index is 12.3. The van der Waals surface area contributed by atoms with E-state index >= 15 is 0 Å². The molecule has 0 bridgehead atoms. The molecule has 7 heteroatoms. The van der Waals surface area contributed by atoms with E-state index in [2.05, 4.69) is 5.16 Å². The molecule has 1 aliphatic heterocycles. The number of hydrogen-bond acceptors (Lipinski definition) is 5. The molecular formula is C15H22N2O4S. The number of piperidine rings is 1. The number of aryl methyl sites for hydroxylation is 2. The summed E-state index contributed by atoms with van der Waals surface area (Å²) in [5.74, 6) is 0.989. The number of nitrogens with zero attached hydrogens (tertiary/aromatic N) is 2. The third-order valence-corrected chi connectivity index (χ3v) is 5.16. The molecule has 1 N–H and O–H groups in total. The first-order valence-electron chi connectivity index (χ1n) is 7.34.